The standard InChI is InChI=1S/C17H19NO5S2/c1-10-12(22-2)7-6-11(15(10)23-3)9-13-16(21)18(17(24)25-13)8-4-5-14(19)20/h6-7,9H,4-5,8H2,1-3H3,(H,19,20)/b13-9-. The topological polar surface area (TPSA) is 76.1 Å². The van der Waals surface area contributed by atoms with E-state index in [0.717, 1.165) is 11.1 Å². The molecular formula is C17H19NO5S2. The maximum absolute atomic E-state index is 12.5. The van der Waals surface area contributed by atoms with E-state index in [0.29, 0.717) is 33.7 Å². The summed E-state index contributed by atoms with van der Waals surface area (Å²) in [5.41, 5.74) is 1.60. The summed E-state index contributed by atoms with van der Waals surface area (Å²) >= 11 is 6.45. The van der Waals surface area contributed by atoms with Crippen LogP contribution >= 0.6 is 24.0 Å². The molecule has 1 aliphatic rings. The van der Waals surface area contributed by atoms with E-state index in [4.69, 9.17) is 26.8 Å². The van der Waals surface area contributed by atoms with Crippen LogP contribution in [0.25, 0.3) is 6.08 Å². The van der Waals surface area contributed by atoms with Crippen molar-refractivity contribution in [3.63, 3.8) is 0 Å². The first-order valence-electron chi connectivity index (χ1n) is 7.57. The van der Waals surface area contributed by atoms with E-state index in [1.165, 1.54) is 16.7 Å². The minimum Gasteiger partial charge on any atom is -0.496 e. The number of hydrogen-bond donors (Lipinski definition) is 1. The number of carboxylic acids is 1. The molecule has 1 heterocycles. The van der Waals surface area contributed by atoms with Gasteiger partial charge in [0.15, 0.2) is 0 Å². The fourth-order valence-electron chi connectivity index (χ4n) is 2.52. The number of carbonyl (C=O) groups is 2. The lowest BCUT2D eigenvalue weighted by Crippen LogP contribution is -2.29. The molecule has 0 aliphatic carbocycles. The first-order valence-corrected chi connectivity index (χ1v) is 8.80. The highest BCUT2D eigenvalue weighted by Crippen LogP contribution is 2.37. The second kappa shape index (κ2) is 8.35. The highest BCUT2D eigenvalue weighted by Gasteiger charge is 2.32. The molecule has 1 amide bonds. The lowest BCUT2D eigenvalue weighted by Gasteiger charge is -2.14. The number of ether oxygens (including phenoxy) is 2. The monoisotopic (exact) mass is 381 g/mol. The molecule has 6 nitrogen and oxygen atoms in total. The maximum atomic E-state index is 12.5. The van der Waals surface area contributed by atoms with Crippen LogP contribution in [0, 0.1) is 6.92 Å². The lowest BCUT2D eigenvalue weighted by atomic mass is 10.1. The second-order valence-corrected chi connectivity index (χ2v) is 7.02. The Morgan fingerprint density at radius 2 is 2.08 bits per heavy atom. The van der Waals surface area contributed by atoms with Gasteiger partial charge in [0.1, 0.15) is 15.8 Å². The van der Waals surface area contributed by atoms with Crippen molar-refractivity contribution in [2.45, 2.75) is 19.8 Å². The number of thioether (sulfide) groups is 1. The summed E-state index contributed by atoms with van der Waals surface area (Å²) in [6.07, 6.45) is 2.10. The number of carboxylic acid groups (broad SMARTS) is 1. The Hall–Kier alpha value is -2.06. The van der Waals surface area contributed by atoms with Gasteiger partial charge in [0.05, 0.1) is 19.1 Å². The number of thiocarbonyl (C=S) groups is 1. The second-order valence-electron chi connectivity index (χ2n) is 5.35. The molecule has 2 rings (SSSR count). The summed E-state index contributed by atoms with van der Waals surface area (Å²) in [7, 11) is 3.15. The SMILES string of the molecule is COc1ccc(/C=C2\SC(=S)N(CCCC(=O)O)C2=O)c(OC)c1C. The van der Waals surface area contributed by atoms with Crippen molar-refractivity contribution in [1.82, 2.24) is 4.90 Å². The van der Waals surface area contributed by atoms with Crippen LogP contribution in [-0.2, 0) is 9.59 Å². The van der Waals surface area contributed by atoms with Crippen molar-refractivity contribution in [3.05, 3.63) is 28.2 Å². The van der Waals surface area contributed by atoms with Gasteiger partial charge in [-0.15, -0.1) is 0 Å². The average Bonchev–Trinajstić information content (AvgIpc) is 2.82. The number of hydrogen-bond acceptors (Lipinski definition) is 6. The Morgan fingerprint density at radius 1 is 1.36 bits per heavy atom. The molecule has 0 bridgehead atoms. The Balaban J connectivity index is 2.24. The number of carbonyl (C=O) groups excluding carboxylic acids is 1. The van der Waals surface area contributed by atoms with Gasteiger partial charge in [0.25, 0.3) is 5.91 Å². The van der Waals surface area contributed by atoms with E-state index in [2.05, 4.69) is 0 Å². The molecule has 1 fully saturated rings. The van der Waals surface area contributed by atoms with E-state index >= 15 is 0 Å². The van der Waals surface area contributed by atoms with Crippen molar-refractivity contribution in [2.75, 3.05) is 20.8 Å². The molecule has 1 aliphatic heterocycles. The first kappa shape index (κ1) is 19.3. The Bertz CT molecular complexity index is 745. The van der Waals surface area contributed by atoms with E-state index < -0.39 is 5.97 Å². The number of amides is 1. The summed E-state index contributed by atoms with van der Waals surface area (Å²) in [4.78, 5) is 25.1. The molecule has 1 saturated heterocycles. The molecule has 25 heavy (non-hydrogen) atoms. The van der Waals surface area contributed by atoms with Gasteiger partial charge >= 0.3 is 5.97 Å². The minimum atomic E-state index is -0.889. The average molecular weight is 381 g/mol. The van der Waals surface area contributed by atoms with E-state index in [-0.39, 0.29) is 12.3 Å². The zero-order valence-electron chi connectivity index (χ0n) is 14.2. The third kappa shape index (κ3) is 4.32. The van der Waals surface area contributed by atoms with Crippen LogP contribution in [0.2, 0.25) is 0 Å². The highest BCUT2D eigenvalue weighted by atomic mass is 32.2. The molecule has 134 valence electrons. The number of nitrogens with zero attached hydrogens (tertiary/aromatic N) is 1. The van der Waals surface area contributed by atoms with Gasteiger partial charge in [0, 0.05) is 24.1 Å². The summed E-state index contributed by atoms with van der Waals surface area (Å²) in [6.45, 7) is 2.18. The predicted molar refractivity (Wildman–Crippen MR) is 101 cm³/mol. The molecule has 1 aromatic carbocycles. The summed E-state index contributed by atoms with van der Waals surface area (Å²) in [5.74, 6) is 0.237. The lowest BCUT2D eigenvalue weighted by molar-refractivity contribution is -0.137. The molecule has 1 N–H and O–H groups in total. The number of methoxy groups -OCH3 is 2. The fraction of sp³-hybridized carbons (Fsp3) is 0.353. The summed E-state index contributed by atoms with van der Waals surface area (Å²) in [6, 6.07) is 3.64. The molecule has 0 atom stereocenters. The molecule has 0 unspecified atom stereocenters. The molecule has 1 aromatic rings. The highest BCUT2D eigenvalue weighted by molar-refractivity contribution is 8.26. The summed E-state index contributed by atoms with van der Waals surface area (Å²) in [5, 5.41) is 8.72. The van der Waals surface area contributed by atoms with Crippen LogP contribution in [0.15, 0.2) is 17.0 Å². The van der Waals surface area contributed by atoms with Crippen molar-refractivity contribution in [2.24, 2.45) is 0 Å². The Kier molecular flexibility index (Phi) is 6.44. The number of aliphatic carboxylic acids is 1. The van der Waals surface area contributed by atoms with Crippen LogP contribution in [-0.4, -0.2) is 47.0 Å². The smallest absolute Gasteiger partial charge is 0.303 e. The Labute approximate surface area is 155 Å². The maximum Gasteiger partial charge on any atom is 0.303 e. The van der Waals surface area contributed by atoms with Gasteiger partial charge in [-0.3, -0.25) is 14.5 Å². The van der Waals surface area contributed by atoms with E-state index in [9.17, 15) is 9.59 Å². The fourth-order valence-corrected chi connectivity index (χ4v) is 3.82. The normalized spacial score (nSPS) is 15.8. The van der Waals surface area contributed by atoms with E-state index in [1.807, 2.05) is 19.1 Å². The van der Waals surface area contributed by atoms with Crippen molar-refractivity contribution < 1.29 is 24.2 Å². The van der Waals surface area contributed by atoms with Gasteiger partial charge in [0.2, 0.25) is 0 Å². The molecular weight excluding hydrogens is 362 g/mol. The number of rotatable bonds is 7. The largest absolute Gasteiger partial charge is 0.496 e. The van der Waals surface area contributed by atoms with Crippen LogP contribution in [0.1, 0.15) is 24.0 Å². The van der Waals surface area contributed by atoms with Crippen LogP contribution in [0.5, 0.6) is 11.5 Å². The van der Waals surface area contributed by atoms with Crippen LogP contribution in [0.4, 0.5) is 0 Å². The minimum absolute atomic E-state index is 0.00159. The Morgan fingerprint density at radius 3 is 2.68 bits per heavy atom. The molecule has 0 saturated carbocycles. The van der Waals surface area contributed by atoms with Crippen molar-refractivity contribution in [3.8, 4) is 11.5 Å². The van der Waals surface area contributed by atoms with Gasteiger partial charge in [-0.25, -0.2) is 0 Å². The third-order valence-corrected chi connectivity index (χ3v) is 5.12. The zero-order chi connectivity index (χ0) is 18.6. The van der Waals surface area contributed by atoms with E-state index in [1.54, 1.807) is 20.3 Å². The molecule has 0 radical (unpaired) electrons. The van der Waals surface area contributed by atoms with Gasteiger partial charge in [-0.1, -0.05) is 24.0 Å². The van der Waals surface area contributed by atoms with Gasteiger partial charge in [-0.2, -0.15) is 0 Å². The van der Waals surface area contributed by atoms with Crippen LogP contribution in [0.3, 0.4) is 0 Å². The van der Waals surface area contributed by atoms with Gasteiger partial charge < -0.3 is 14.6 Å². The number of benzene rings is 1. The zero-order valence-corrected chi connectivity index (χ0v) is 15.8. The molecule has 8 heteroatoms. The van der Waals surface area contributed by atoms with Crippen LogP contribution < -0.4 is 9.47 Å². The van der Waals surface area contributed by atoms with Gasteiger partial charge in [-0.05, 0) is 31.6 Å². The van der Waals surface area contributed by atoms with Crippen molar-refractivity contribution >= 4 is 46.3 Å². The first-order chi connectivity index (χ1) is 11.9. The van der Waals surface area contributed by atoms with Crippen molar-refractivity contribution in [1.29, 1.82) is 0 Å². The summed E-state index contributed by atoms with van der Waals surface area (Å²) < 4.78 is 11.2. The molecule has 0 aromatic heterocycles. The quantitative estimate of drug-likeness (QED) is 0.574. The third-order valence-electron chi connectivity index (χ3n) is 3.74. The molecule has 0 spiro atoms. The predicted octanol–water partition coefficient (Wildman–Crippen LogP) is 3.08.